The lowest BCUT2D eigenvalue weighted by atomic mass is 10.2. The van der Waals surface area contributed by atoms with Crippen LogP contribution in [-0.2, 0) is 9.63 Å². The number of hydrogen-bond acceptors (Lipinski definition) is 4. The number of nitrogens with zero attached hydrogens (tertiary/aromatic N) is 2. The van der Waals surface area contributed by atoms with E-state index in [1.807, 2.05) is 0 Å². The number of aliphatic imine (C=N–C) groups is 2. The van der Waals surface area contributed by atoms with Crippen LogP contribution in [0.3, 0.4) is 0 Å². The highest BCUT2D eigenvalue weighted by Gasteiger charge is 2.28. The molecule has 52 valence electrons. The molecule has 1 fully saturated rings. The van der Waals surface area contributed by atoms with Crippen molar-refractivity contribution in [2.75, 3.05) is 0 Å². The van der Waals surface area contributed by atoms with Crippen LogP contribution in [0.5, 0.6) is 0 Å². The molecule has 1 atom stereocenters. The van der Waals surface area contributed by atoms with Gasteiger partial charge in [0.1, 0.15) is 12.4 Å². The van der Waals surface area contributed by atoms with Crippen LogP contribution in [0.4, 0.5) is 0 Å². The van der Waals surface area contributed by atoms with Gasteiger partial charge in [-0.15, -0.1) is 0 Å². The van der Waals surface area contributed by atoms with Crippen LogP contribution in [0.15, 0.2) is 9.98 Å². The van der Waals surface area contributed by atoms with E-state index >= 15 is 0 Å². The van der Waals surface area contributed by atoms with Crippen molar-refractivity contribution in [3.8, 4) is 0 Å². The number of hydroxylamine groups is 1. The van der Waals surface area contributed by atoms with Gasteiger partial charge in [0.25, 0.3) is 5.91 Å². The van der Waals surface area contributed by atoms with Crippen molar-refractivity contribution in [2.45, 2.75) is 12.5 Å². The van der Waals surface area contributed by atoms with Crippen molar-refractivity contribution in [3.63, 3.8) is 0 Å². The first kappa shape index (κ1) is 5.40. The van der Waals surface area contributed by atoms with Gasteiger partial charge in [-0.1, -0.05) is 0 Å². The summed E-state index contributed by atoms with van der Waals surface area (Å²) >= 11 is 0. The fourth-order valence-electron chi connectivity index (χ4n) is 0.881. The van der Waals surface area contributed by atoms with E-state index in [2.05, 4.69) is 15.5 Å². The average Bonchev–Trinajstić information content (AvgIpc) is 2.33. The Morgan fingerprint density at radius 3 is 3.60 bits per heavy atom. The molecule has 0 spiro atoms. The lowest BCUT2D eigenvalue weighted by Crippen LogP contribution is -2.40. The third-order valence-corrected chi connectivity index (χ3v) is 1.36. The van der Waals surface area contributed by atoms with Gasteiger partial charge >= 0.3 is 0 Å². The van der Waals surface area contributed by atoms with Gasteiger partial charge in [-0.25, -0.2) is 4.99 Å². The third kappa shape index (κ3) is 0.671. The van der Waals surface area contributed by atoms with Crippen molar-refractivity contribution in [3.05, 3.63) is 0 Å². The van der Waals surface area contributed by atoms with Crippen molar-refractivity contribution >= 4 is 18.1 Å². The van der Waals surface area contributed by atoms with Gasteiger partial charge in [-0.2, -0.15) is 5.48 Å². The standard InChI is InChI=1S/C5H5N3O2/c9-4-1-3-5(10-8-4)7-2-6-3/h2-3H,1H2,(H,8,9). The fourth-order valence-corrected chi connectivity index (χ4v) is 0.881. The molecule has 2 rings (SSSR count). The molecule has 0 radical (unpaired) electrons. The Bertz CT molecular complexity index is 233. The molecule has 2 aliphatic heterocycles. The summed E-state index contributed by atoms with van der Waals surface area (Å²) in [5, 5.41) is 0. The first-order chi connectivity index (χ1) is 4.86. The quantitative estimate of drug-likeness (QED) is 0.479. The second kappa shape index (κ2) is 1.80. The molecule has 1 saturated heterocycles. The van der Waals surface area contributed by atoms with Gasteiger partial charge < -0.3 is 4.84 Å². The highest BCUT2D eigenvalue weighted by atomic mass is 16.7. The van der Waals surface area contributed by atoms with Crippen LogP contribution in [0.25, 0.3) is 0 Å². The van der Waals surface area contributed by atoms with E-state index in [1.54, 1.807) is 0 Å². The third-order valence-electron chi connectivity index (χ3n) is 1.36. The molecule has 1 amide bonds. The summed E-state index contributed by atoms with van der Waals surface area (Å²) in [7, 11) is 0. The lowest BCUT2D eigenvalue weighted by Gasteiger charge is -2.16. The first-order valence-electron chi connectivity index (χ1n) is 2.91. The number of carbonyl (C=O) groups is 1. The van der Waals surface area contributed by atoms with Crippen molar-refractivity contribution in [1.82, 2.24) is 5.48 Å². The molecule has 1 unspecified atom stereocenters. The number of amides is 1. The minimum Gasteiger partial charge on any atom is -0.361 e. The van der Waals surface area contributed by atoms with Gasteiger partial charge in [0.15, 0.2) is 0 Å². The number of fused-ring (bicyclic) bond motifs is 1. The Morgan fingerprint density at radius 2 is 2.70 bits per heavy atom. The second-order valence-corrected chi connectivity index (χ2v) is 2.08. The lowest BCUT2D eigenvalue weighted by molar-refractivity contribution is -0.130. The normalized spacial score (nSPS) is 28.6. The van der Waals surface area contributed by atoms with E-state index in [0.29, 0.717) is 12.3 Å². The Balaban J connectivity index is 2.19. The molecule has 1 N–H and O–H groups in total. The van der Waals surface area contributed by atoms with E-state index in [1.165, 1.54) is 6.34 Å². The summed E-state index contributed by atoms with van der Waals surface area (Å²) in [5.74, 6) is 0.336. The van der Waals surface area contributed by atoms with Crippen molar-refractivity contribution in [2.24, 2.45) is 9.98 Å². The minimum atomic E-state index is -0.172. The highest BCUT2D eigenvalue weighted by Crippen LogP contribution is 2.10. The van der Waals surface area contributed by atoms with Gasteiger partial charge in [-0.05, 0) is 0 Å². The molecule has 0 aromatic heterocycles. The Kier molecular flexibility index (Phi) is 0.969. The molecule has 5 heteroatoms. The molecule has 0 aromatic carbocycles. The number of rotatable bonds is 0. The summed E-state index contributed by atoms with van der Waals surface area (Å²) in [6.07, 6.45) is 1.75. The second-order valence-electron chi connectivity index (χ2n) is 2.08. The van der Waals surface area contributed by atoms with E-state index in [-0.39, 0.29) is 11.9 Å². The molecule has 0 aliphatic carbocycles. The largest absolute Gasteiger partial charge is 0.361 e. The minimum absolute atomic E-state index is 0.150. The Morgan fingerprint density at radius 1 is 1.80 bits per heavy atom. The van der Waals surface area contributed by atoms with Crippen molar-refractivity contribution in [1.29, 1.82) is 0 Å². The summed E-state index contributed by atoms with van der Waals surface area (Å²) in [4.78, 5) is 23.1. The molecule has 0 saturated carbocycles. The average molecular weight is 139 g/mol. The van der Waals surface area contributed by atoms with E-state index in [4.69, 9.17) is 4.84 Å². The van der Waals surface area contributed by atoms with Crippen LogP contribution >= 0.6 is 0 Å². The molecule has 2 aliphatic rings. The summed E-state index contributed by atoms with van der Waals surface area (Å²) in [6.45, 7) is 0. The van der Waals surface area contributed by atoms with Gasteiger partial charge in [0.2, 0.25) is 5.90 Å². The molecule has 0 bridgehead atoms. The summed E-state index contributed by atoms with van der Waals surface area (Å²) in [5.41, 5.74) is 2.20. The van der Waals surface area contributed by atoms with Crippen LogP contribution in [-0.4, -0.2) is 24.2 Å². The molecule has 5 nitrogen and oxygen atoms in total. The maximum absolute atomic E-state index is 10.6. The van der Waals surface area contributed by atoms with Crippen molar-refractivity contribution < 1.29 is 9.63 Å². The topological polar surface area (TPSA) is 63.0 Å². The van der Waals surface area contributed by atoms with Gasteiger partial charge in [0, 0.05) is 0 Å². The summed E-state index contributed by atoms with van der Waals surface area (Å²) in [6, 6.07) is -0.172. The zero-order chi connectivity index (χ0) is 6.97. The molecular formula is C5H5N3O2. The van der Waals surface area contributed by atoms with Gasteiger partial charge in [-0.3, -0.25) is 9.79 Å². The maximum Gasteiger partial charge on any atom is 0.255 e. The Hall–Kier alpha value is -1.39. The van der Waals surface area contributed by atoms with E-state index < -0.39 is 0 Å². The van der Waals surface area contributed by atoms with Crippen LogP contribution in [0.2, 0.25) is 0 Å². The molecular weight excluding hydrogens is 134 g/mol. The van der Waals surface area contributed by atoms with Crippen LogP contribution < -0.4 is 5.48 Å². The fraction of sp³-hybridized carbons (Fsp3) is 0.400. The zero-order valence-corrected chi connectivity index (χ0v) is 5.07. The monoisotopic (exact) mass is 139 g/mol. The van der Waals surface area contributed by atoms with E-state index in [0.717, 1.165) is 0 Å². The number of nitrogens with one attached hydrogen (secondary N) is 1. The number of carbonyl (C=O) groups excluding carboxylic acids is 1. The van der Waals surface area contributed by atoms with E-state index in [9.17, 15) is 4.79 Å². The molecule has 2 heterocycles. The molecule has 0 aromatic rings. The highest BCUT2D eigenvalue weighted by molar-refractivity contribution is 5.98. The smallest absolute Gasteiger partial charge is 0.255 e. The van der Waals surface area contributed by atoms with Gasteiger partial charge in [0.05, 0.1) is 6.42 Å². The zero-order valence-electron chi connectivity index (χ0n) is 5.07. The number of hydrogen-bond donors (Lipinski definition) is 1. The maximum atomic E-state index is 10.6. The van der Waals surface area contributed by atoms with Crippen LogP contribution in [0.1, 0.15) is 6.42 Å². The Labute approximate surface area is 56.8 Å². The van der Waals surface area contributed by atoms with Crippen LogP contribution in [0, 0.1) is 0 Å². The predicted molar refractivity (Wildman–Crippen MR) is 33.6 cm³/mol. The summed E-state index contributed by atoms with van der Waals surface area (Å²) < 4.78 is 0. The first-order valence-corrected chi connectivity index (χ1v) is 2.91. The molecule has 10 heavy (non-hydrogen) atoms. The predicted octanol–water partition coefficient (Wildman–Crippen LogP) is -0.753. The SMILES string of the molecule is O=C1CC2N=CN=C2ON1.